The predicted molar refractivity (Wildman–Crippen MR) is 494 cm³/mol. The molecule has 0 radical (unpaired) electrons. The number of carbonyl (C=O) groups is 10. The minimum absolute atomic E-state index is 0.00520. The van der Waals surface area contributed by atoms with E-state index in [4.69, 9.17) is 54.8 Å². The van der Waals surface area contributed by atoms with Crippen LogP contribution in [0.1, 0.15) is 86.4 Å². The van der Waals surface area contributed by atoms with Crippen LogP contribution >= 0.6 is 79.9 Å². The van der Waals surface area contributed by atoms with E-state index < -0.39 is 46.0 Å². The summed E-state index contributed by atoms with van der Waals surface area (Å²) in [7, 11) is 11.0. The minimum Gasteiger partial charge on any atom is -0.497 e. The highest BCUT2D eigenvalue weighted by molar-refractivity contribution is 7.24. The number of Topliss-reactive ketones (excluding diaryl/α,β-unsaturated/α-hetero) is 5. The molecular formula is C87H71Cl2FN10O22S5. The van der Waals surface area contributed by atoms with Gasteiger partial charge in [0.05, 0.1) is 54.1 Å². The molecule has 10 amide bonds. The molecule has 15 aromatic rings. The van der Waals surface area contributed by atoms with Crippen LogP contribution in [0, 0.1) is 5.82 Å². The Morgan fingerprint density at radius 3 is 0.913 bits per heavy atom. The molecule has 0 spiro atoms. The molecule has 0 aliphatic rings. The Kier molecular flexibility index (Phi) is 30.0. The van der Waals surface area contributed by atoms with Crippen LogP contribution in [-0.2, 0) is 0 Å². The normalized spacial score (nSPS) is 10.6. The Bertz CT molecular complexity index is 6990. The van der Waals surface area contributed by atoms with Crippen LogP contribution in [-0.4, -0.2) is 109 Å². The van der Waals surface area contributed by atoms with Gasteiger partial charge in [0, 0.05) is 93.7 Å². The van der Waals surface area contributed by atoms with Gasteiger partial charge >= 0.3 is 58.3 Å². The highest BCUT2D eigenvalue weighted by atomic mass is 35.5. The van der Waals surface area contributed by atoms with E-state index in [1.54, 1.807) is 170 Å². The lowest BCUT2D eigenvalue weighted by Gasteiger charge is -2.17. The van der Waals surface area contributed by atoms with Crippen LogP contribution in [0.2, 0.25) is 10.0 Å². The molecule has 32 nitrogen and oxygen atoms in total. The molecule has 5 N–H and O–H groups in total. The SMILES string of the molecule is CC(=O)c1cc2sc(N(C)C(=O)Nc3ccc(Cl)cc3)cc2oc1=O.CC(=O)c1cc2sc(N(C)C(=O)Nc3ccc(F)cc3)cc2oc1=O.CC(=O)c1cc2sc(N(C)C(=O)Nc3ccccc3Cl)cc2oc1=O.COc1cccc(NC(=O)N(C)c2cc3oc(=O)c(C(C)=O)cc3s2)c1.COc1ccccc1NC(=O)N(C)c1cc2oc(=O)c(C(C)=O)cc2s1. The fourth-order valence-electron chi connectivity index (χ4n) is 11.2. The minimum atomic E-state index is -0.706. The smallest absolute Gasteiger partial charge is 0.347 e. The fraction of sp³-hybridized carbons (Fsp3) is 0.138. The second-order valence-electron chi connectivity index (χ2n) is 27.0. The van der Waals surface area contributed by atoms with Gasteiger partial charge in [-0.25, -0.2) is 52.3 Å². The summed E-state index contributed by atoms with van der Waals surface area (Å²) in [6.45, 7) is 6.50. The molecule has 0 saturated carbocycles. The maximum Gasteiger partial charge on any atom is 0.347 e. The molecule has 127 heavy (non-hydrogen) atoms. The molecule has 0 fully saturated rings. The van der Waals surface area contributed by atoms with Gasteiger partial charge in [-0.15, -0.1) is 56.7 Å². The lowest BCUT2D eigenvalue weighted by atomic mass is 10.2. The first-order chi connectivity index (χ1) is 60.3. The maximum absolute atomic E-state index is 12.9. The summed E-state index contributed by atoms with van der Waals surface area (Å²) < 4.78 is 52.1. The molecule has 0 aliphatic heterocycles. The summed E-state index contributed by atoms with van der Waals surface area (Å²) in [5.41, 5.74) is 0.805. The second kappa shape index (κ2) is 40.9. The Morgan fingerprint density at radius 1 is 0.323 bits per heavy atom. The monoisotopic (exact) mass is 1860 g/mol. The molecule has 0 bridgehead atoms. The Balaban J connectivity index is 0.000000154. The third-order valence-corrected chi connectivity index (χ3v) is 24.4. The van der Waals surface area contributed by atoms with Crippen molar-refractivity contribution in [1.82, 2.24) is 0 Å². The number of amides is 10. The highest BCUT2D eigenvalue weighted by Crippen LogP contribution is 2.39. The molecule has 0 aliphatic carbocycles. The molecule has 0 unspecified atom stereocenters. The van der Waals surface area contributed by atoms with Gasteiger partial charge in [0.1, 0.15) is 70.1 Å². The zero-order chi connectivity index (χ0) is 92.1. The average Bonchev–Trinajstić information content (AvgIpc) is 1.68. The van der Waals surface area contributed by atoms with Crippen molar-refractivity contribution < 1.29 is 83.9 Å². The van der Waals surface area contributed by atoms with Crippen LogP contribution in [0.4, 0.5) is 81.8 Å². The zero-order valence-electron chi connectivity index (χ0n) is 68.7. The largest absolute Gasteiger partial charge is 0.497 e. The van der Waals surface area contributed by atoms with Crippen molar-refractivity contribution in [3.63, 3.8) is 0 Å². The predicted octanol–water partition coefficient (Wildman–Crippen LogP) is 20.1. The maximum atomic E-state index is 12.9. The number of ketones is 5. The summed E-state index contributed by atoms with van der Waals surface area (Å²) >= 11 is 18.0. The number of hydrogen-bond acceptors (Lipinski definition) is 27. The van der Waals surface area contributed by atoms with E-state index in [0.29, 0.717) is 126 Å². The van der Waals surface area contributed by atoms with Crippen LogP contribution in [0.3, 0.4) is 0 Å². The number of thiophene rings is 5. The molecule has 15 rings (SSSR count). The number of para-hydroxylation sites is 3. The first kappa shape index (κ1) is 93.2. The third kappa shape index (κ3) is 22.9. The van der Waals surface area contributed by atoms with E-state index in [2.05, 4.69) is 26.6 Å². The topological polar surface area (TPSA) is 417 Å². The van der Waals surface area contributed by atoms with Gasteiger partial charge in [-0.1, -0.05) is 53.5 Å². The standard InChI is InChI=1S/2C18H16N2O5S.2C17H13ClN2O4S.C17H13FN2O4S/c1-10(21)13-8-15-14(25-17(13)22)9-16(26-15)20(2)18(23)19-11-5-4-6-12(7-11)24-3;1-10(21)11-8-15-14(25-17(11)22)9-16(26-15)20(2)18(23)19-12-6-4-5-7-13(12)24-3;1-9(21)12-7-14-13(24-16(12)22)8-15(25-14)20(2)17(23)19-11-5-3-10(18)4-6-11;1-9(21)10-7-14-13(24-16(10)22)8-15(25-14)20(2)17(23)19-12-6-4-3-5-11(12)18;1-9(21)12-7-14-13(24-16(12)22)8-15(25-14)20(2)17(23)19-11-5-3-10(18)4-6-11/h2*4-9H,1-3H3,(H,19,23);3*3-8H,1-2H3,(H,19,23). The van der Waals surface area contributed by atoms with Crippen molar-refractivity contribution in [1.29, 1.82) is 0 Å². The highest BCUT2D eigenvalue weighted by Gasteiger charge is 2.25. The number of halogens is 3. The van der Waals surface area contributed by atoms with Crippen LogP contribution in [0.15, 0.2) is 228 Å². The summed E-state index contributed by atoms with van der Waals surface area (Å²) in [6, 6.07) is 46.5. The molecular weight excluding hydrogens is 1790 g/mol. The number of carbonyl (C=O) groups excluding carboxylic acids is 10. The van der Waals surface area contributed by atoms with Gasteiger partial charge in [0.15, 0.2) is 56.8 Å². The summed E-state index contributed by atoms with van der Waals surface area (Å²) in [5, 5.41) is 17.4. The number of nitrogens with zero attached hydrogens (tertiary/aromatic N) is 5. The zero-order valence-corrected chi connectivity index (χ0v) is 74.3. The molecule has 10 aromatic heterocycles. The van der Waals surface area contributed by atoms with Gasteiger partial charge in [-0.2, -0.15) is 0 Å². The van der Waals surface area contributed by atoms with Gasteiger partial charge in [-0.05, 0) is 150 Å². The molecule has 0 atom stereocenters. The van der Waals surface area contributed by atoms with Crippen molar-refractivity contribution in [3.8, 4) is 11.5 Å². The molecule has 10 heterocycles. The number of hydrogen-bond donors (Lipinski definition) is 5. The number of nitrogens with one attached hydrogen (secondary N) is 5. The lowest BCUT2D eigenvalue weighted by Crippen LogP contribution is -2.30. The van der Waals surface area contributed by atoms with Gasteiger partial charge in [0.25, 0.3) is 0 Å². The van der Waals surface area contributed by atoms with E-state index in [-0.39, 0.29) is 74.8 Å². The third-order valence-electron chi connectivity index (χ3n) is 18.1. The number of ether oxygens (including phenoxy) is 2. The average molecular weight is 1860 g/mol. The molecule has 652 valence electrons. The van der Waals surface area contributed by atoms with Crippen molar-refractivity contribution in [2.75, 3.05) is 101 Å². The first-order valence-electron chi connectivity index (χ1n) is 37.1. The Hall–Kier alpha value is -14.5. The van der Waals surface area contributed by atoms with Gasteiger partial charge in [-0.3, -0.25) is 48.5 Å². The number of anilines is 10. The lowest BCUT2D eigenvalue weighted by molar-refractivity contribution is 0.100. The van der Waals surface area contributed by atoms with Gasteiger partial charge < -0.3 is 58.1 Å². The van der Waals surface area contributed by atoms with E-state index in [9.17, 15) is 76.3 Å². The number of methoxy groups -OCH3 is 2. The fourth-order valence-corrected chi connectivity index (χ4v) is 16.4. The van der Waals surface area contributed by atoms with E-state index in [1.165, 1.54) is 178 Å². The summed E-state index contributed by atoms with van der Waals surface area (Å²) in [4.78, 5) is 185. The Morgan fingerprint density at radius 2 is 0.606 bits per heavy atom. The van der Waals surface area contributed by atoms with E-state index in [0.717, 1.165) is 0 Å². The Labute approximate surface area is 747 Å². The van der Waals surface area contributed by atoms with Crippen LogP contribution in [0.25, 0.3) is 51.4 Å². The number of benzene rings is 5. The van der Waals surface area contributed by atoms with Crippen molar-refractivity contribution >= 4 is 244 Å². The quantitative estimate of drug-likeness (QED) is 0.0529. The van der Waals surface area contributed by atoms with Crippen molar-refractivity contribution in [2.24, 2.45) is 0 Å². The van der Waals surface area contributed by atoms with Crippen LogP contribution < -0.4 is 88.7 Å². The molecule has 5 aromatic carbocycles. The molecule has 40 heteroatoms. The first-order valence-corrected chi connectivity index (χ1v) is 41.9. The van der Waals surface area contributed by atoms with Crippen molar-refractivity contribution in [2.45, 2.75) is 34.6 Å². The number of fused-ring (bicyclic) bond motifs is 5. The van der Waals surface area contributed by atoms with Crippen molar-refractivity contribution in [3.05, 3.63) is 278 Å². The second-order valence-corrected chi connectivity index (χ2v) is 33.1. The van der Waals surface area contributed by atoms with E-state index in [1.807, 2.05) is 0 Å². The summed E-state index contributed by atoms with van der Waals surface area (Å²) in [5.74, 6) is -1.05. The number of rotatable bonds is 17. The van der Waals surface area contributed by atoms with Gasteiger partial charge in [0.2, 0.25) is 0 Å². The summed E-state index contributed by atoms with van der Waals surface area (Å²) in [6.07, 6.45) is 0. The number of urea groups is 5. The van der Waals surface area contributed by atoms with Crippen LogP contribution in [0.5, 0.6) is 11.5 Å². The molecule has 0 saturated heterocycles. The van der Waals surface area contributed by atoms with E-state index >= 15 is 0 Å².